The lowest BCUT2D eigenvalue weighted by atomic mass is 10.1. The summed E-state index contributed by atoms with van der Waals surface area (Å²) in [6.07, 6.45) is 0. The highest BCUT2D eigenvalue weighted by atomic mass is 35.5. The van der Waals surface area contributed by atoms with Crippen LogP contribution in [0.15, 0.2) is 18.2 Å². The van der Waals surface area contributed by atoms with Gasteiger partial charge in [0.15, 0.2) is 0 Å². The van der Waals surface area contributed by atoms with E-state index in [1.165, 1.54) is 18.2 Å². The van der Waals surface area contributed by atoms with E-state index in [4.69, 9.17) is 39.9 Å². The van der Waals surface area contributed by atoms with Crippen molar-refractivity contribution in [3.8, 4) is 0 Å². The molecule has 1 aliphatic rings. The van der Waals surface area contributed by atoms with Crippen LogP contribution >= 0.6 is 34.8 Å². The molecule has 0 amide bonds. The van der Waals surface area contributed by atoms with Gasteiger partial charge in [-0.15, -0.1) is 0 Å². The van der Waals surface area contributed by atoms with E-state index in [1.807, 2.05) is 0 Å². The van der Waals surface area contributed by atoms with Gasteiger partial charge in [-0.3, -0.25) is 4.79 Å². The molecule has 1 N–H and O–H groups in total. The lowest BCUT2D eigenvalue weighted by Gasteiger charge is -2.01. The van der Waals surface area contributed by atoms with Gasteiger partial charge in [-0.25, -0.2) is 4.39 Å². The van der Waals surface area contributed by atoms with Crippen LogP contribution in [-0.2, 0) is 4.79 Å². The van der Waals surface area contributed by atoms with Crippen molar-refractivity contribution in [2.45, 2.75) is 11.0 Å². The lowest BCUT2D eigenvalue weighted by molar-refractivity contribution is -0.139. The maximum absolute atomic E-state index is 13.6. The van der Waals surface area contributed by atoms with Gasteiger partial charge in [0.1, 0.15) is 5.92 Å². The topological polar surface area (TPSA) is 37.3 Å². The van der Waals surface area contributed by atoms with E-state index in [9.17, 15) is 9.18 Å². The maximum Gasteiger partial charge on any atom is 0.311 e. The number of hydrogen-bond acceptors (Lipinski definition) is 1. The van der Waals surface area contributed by atoms with Crippen LogP contribution in [0.2, 0.25) is 10.0 Å². The Bertz CT molecular complexity index is 441. The molecule has 86 valence electrons. The second-order valence-electron chi connectivity index (χ2n) is 3.67. The van der Waals surface area contributed by atoms with Gasteiger partial charge in [-0.1, -0.05) is 34.8 Å². The monoisotopic (exact) mass is 282 g/mol. The molecule has 0 saturated heterocycles. The second kappa shape index (κ2) is 3.76. The first-order chi connectivity index (χ1) is 7.34. The summed E-state index contributed by atoms with van der Waals surface area (Å²) in [5.74, 6) is -3.41. The third-order valence-corrected chi connectivity index (χ3v) is 3.47. The standard InChI is InChI=1S/C10H6Cl3FO2/c11-5-1-4(2-6(12)3-5)7-8(9(15)16)10(7,13)14/h1-3,7-8H,(H,15,16). The summed E-state index contributed by atoms with van der Waals surface area (Å²) in [6.45, 7) is 0. The number of rotatable bonds is 2. The first kappa shape index (κ1) is 12.0. The zero-order valence-electron chi connectivity index (χ0n) is 7.75. The SMILES string of the molecule is O=C(O)C1C(c2cc(Cl)cc(Cl)c2)C1(F)Cl. The molecular formula is C10H6Cl3FO2. The van der Waals surface area contributed by atoms with Crippen LogP contribution < -0.4 is 0 Å². The Balaban J connectivity index is 2.37. The fourth-order valence-corrected chi connectivity index (χ4v) is 2.75. The molecule has 16 heavy (non-hydrogen) atoms. The molecule has 2 rings (SSSR count). The molecule has 0 bridgehead atoms. The zero-order chi connectivity index (χ0) is 12.1. The number of alkyl halides is 2. The van der Waals surface area contributed by atoms with Crippen LogP contribution in [0.1, 0.15) is 11.5 Å². The van der Waals surface area contributed by atoms with Crippen LogP contribution in [-0.4, -0.2) is 16.2 Å². The number of hydrogen-bond donors (Lipinski definition) is 1. The van der Waals surface area contributed by atoms with Crippen LogP contribution in [0, 0.1) is 5.92 Å². The molecular weight excluding hydrogens is 277 g/mol. The van der Waals surface area contributed by atoms with E-state index in [2.05, 4.69) is 0 Å². The highest BCUT2D eigenvalue weighted by molar-refractivity contribution is 6.35. The normalized spacial score (nSPS) is 32.5. The van der Waals surface area contributed by atoms with Gasteiger partial charge in [0.2, 0.25) is 5.13 Å². The van der Waals surface area contributed by atoms with Gasteiger partial charge in [0, 0.05) is 10.0 Å². The number of aliphatic carboxylic acids is 1. The van der Waals surface area contributed by atoms with Gasteiger partial charge in [-0.05, 0) is 23.8 Å². The molecule has 6 heteroatoms. The Labute approximate surface area is 106 Å². The smallest absolute Gasteiger partial charge is 0.311 e. The molecule has 0 radical (unpaired) electrons. The van der Waals surface area contributed by atoms with E-state index in [0.29, 0.717) is 15.6 Å². The Hall–Kier alpha value is -0.510. The largest absolute Gasteiger partial charge is 0.481 e. The molecule has 2 nitrogen and oxygen atoms in total. The van der Waals surface area contributed by atoms with Gasteiger partial charge in [0.25, 0.3) is 0 Å². The van der Waals surface area contributed by atoms with Crippen molar-refractivity contribution in [3.63, 3.8) is 0 Å². The van der Waals surface area contributed by atoms with E-state index in [1.54, 1.807) is 0 Å². The quantitative estimate of drug-likeness (QED) is 0.840. The summed E-state index contributed by atoms with van der Waals surface area (Å²) in [5.41, 5.74) is 0.405. The summed E-state index contributed by atoms with van der Waals surface area (Å²) >= 11 is 17.0. The summed E-state index contributed by atoms with van der Waals surface area (Å²) in [5, 5.41) is 7.17. The third-order valence-electron chi connectivity index (χ3n) is 2.56. The van der Waals surface area contributed by atoms with Gasteiger partial charge >= 0.3 is 5.97 Å². The summed E-state index contributed by atoms with van der Waals surface area (Å²) in [6, 6.07) is 4.43. The molecule has 0 aliphatic heterocycles. The molecule has 1 fully saturated rings. The van der Waals surface area contributed by atoms with Crippen LogP contribution in [0.5, 0.6) is 0 Å². The van der Waals surface area contributed by atoms with Gasteiger partial charge < -0.3 is 5.11 Å². The van der Waals surface area contributed by atoms with E-state index in [0.717, 1.165) is 0 Å². The van der Waals surface area contributed by atoms with Crippen LogP contribution in [0.25, 0.3) is 0 Å². The van der Waals surface area contributed by atoms with Crippen molar-refractivity contribution >= 4 is 40.8 Å². The molecule has 1 saturated carbocycles. The minimum atomic E-state index is -2.25. The molecule has 1 aromatic carbocycles. The van der Waals surface area contributed by atoms with Crippen molar-refractivity contribution < 1.29 is 14.3 Å². The molecule has 1 aliphatic carbocycles. The Morgan fingerprint density at radius 2 is 1.81 bits per heavy atom. The van der Waals surface area contributed by atoms with Crippen molar-refractivity contribution in [2.75, 3.05) is 0 Å². The highest BCUT2D eigenvalue weighted by Crippen LogP contribution is 2.63. The zero-order valence-corrected chi connectivity index (χ0v) is 10.0. The van der Waals surface area contributed by atoms with Crippen molar-refractivity contribution in [2.24, 2.45) is 5.92 Å². The molecule has 3 unspecified atom stereocenters. The Morgan fingerprint density at radius 3 is 2.19 bits per heavy atom. The minimum Gasteiger partial charge on any atom is -0.481 e. The fourth-order valence-electron chi connectivity index (χ4n) is 1.80. The molecule has 1 aromatic rings. The molecule has 0 heterocycles. The van der Waals surface area contributed by atoms with Gasteiger partial charge in [-0.2, -0.15) is 0 Å². The fraction of sp³-hybridized carbons (Fsp3) is 0.300. The summed E-state index contributed by atoms with van der Waals surface area (Å²) < 4.78 is 13.6. The number of carboxylic acids is 1. The van der Waals surface area contributed by atoms with Crippen molar-refractivity contribution in [1.82, 2.24) is 0 Å². The molecule has 0 aromatic heterocycles. The van der Waals surface area contributed by atoms with Crippen molar-refractivity contribution in [1.29, 1.82) is 0 Å². The molecule has 3 atom stereocenters. The van der Waals surface area contributed by atoms with E-state index < -0.39 is 22.9 Å². The van der Waals surface area contributed by atoms with Crippen LogP contribution in [0.4, 0.5) is 4.39 Å². The van der Waals surface area contributed by atoms with E-state index >= 15 is 0 Å². The van der Waals surface area contributed by atoms with E-state index in [-0.39, 0.29) is 0 Å². The maximum atomic E-state index is 13.6. The Kier molecular flexibility index (Phi) is 2.81. The molecule has 0 spiro atoms. The third kappa shape index (κ3) is 1.88. The number of halogens is 4. The Morgan fingerprint density at radius 1 is 1.31 bits per heavy atom. The van der Waals surface area contributed by atoms with Gasteiger partial charge in [0.05, 0.1) is 5.92 Å². The van der Waals surface area contributed by atoms with Crippen LogP contribution in [0.3, 0.4) is 0 Å². The number of carbonyl (C=O) groups is 1. The second-order valence-corrected chi connectivity index (χ2v) is 5.12. The predicted octanol–water partition coefficient (Wildman–Crippen LogP) is 3.70. The first-order valence-electron chi connectivity index (χ1n) is 4.40. The van der Waals surface area contributed by atoms with Crippen molar-refractivity contribution in [3.05, 3.63) is 33.8 Å². The predicted molar refractivity (Wildman–Crippen MR) is 60.0 cm³/mol. The number of benzene rings is 1. The summed E-state index contributed by atoms with van der Waals surface area (Å²) in [4.78, 5) is 10.7. The number of carboxylic acid groups (broad SMARTS) is 1. The average Bonchev–Trinajstić information content (AvgIpc) is 2.67. The first-order valence-corrected chi connectivity index (χ1v) is 5.54. The minimum absolute atomic E-state index is 0.325. The lowest BCUT2D eigenvalue weighted by Crippen LogP contribution is -2.04. The summed E-state index contributed by atoms with van der Waals surface area (Å²) in [7, 11) is 0. The average molecular weight is 284 g/mol. The highest BCUT2D eigenvalue weighted by Gasteiger charge is 2.70.